The minimum Gasteiger partial charge on any atom is -0.402 e. The van der Waals surface area contributed by atoms with Gasteiger partial charge in [0.2, 0.25) is 5.91 Å². The van der Waals surface area contributed by atoms with Crippen molar-refractivity contribution in [1.82, 2.24) is 19.8 Å². The molecule has 3 heterocycles. The summed E-state index contributed by atoms with van der Waals surface area (Å²) in [5.74, 6) is 0.241. The molecular weight excluding hydrogens is 555 g/mol. The van der Waals surface area contributed by atoms with Crippen LogP contribution in [0.2, 0.25) is 0 Å². The highest BCUT2D eigenvalue weighted by Crippen LogP contribution is 2.31. The number of piperazine rings is 1. The Balaban J connectivity index is 1.48. The zero-order chi connectivity index (χ0) is 29.6. The summed E-state index contributed by atoms with van der Waals surface area (Å²) >= 11 is 1.28. The van der Waals surface area contributed by atoms with Crippen LogP contribution >= 0.6 is 11.8 Å². The first kappa shape index (κ1) is 30.6. The van der Waals surface area contributed by atoms with Crippen LogP contribution in [0, 0.1) is 0 Å². The fraction of sp³-hybridized carbons (Fsp3) is 0.481. The number of piperidine rings is 1. The molecule has 41 heavy (non-hydrogen) atoms. The number of nitrogens with one attached hydrogen (secondary N) is 1. The molecule has 0 aliphatic carbocycles. The Bertz CT molecular complexity index is 1250. The van der Waals surface area contributed by atoms with Crippen molar-refractivity contribution in [2.24, 2.45) is 16.5 Å². The number of halogens is 3. The maximum absolute atomic E-state index is 12.5. The molecule has 0 saturated carbocycles. The summed E-state index contributed by atoms with van der Waals surface area (Å²) in [7, 11) is 2.16. The fourth-order valence-corrected chi connectivity index (χ4v) is 5.57. The molecule has 10 nitrogen and oxygen atoms in total. The first-order chi connectivity index (χ1) is 19.4. The average Bonchev–Trinajstić information content (AvgIpc) is 2.89. The number of likely N-dealkylation sites (N-methyl/N-ethyl adjacent to an activating group) is 1. The minimum absolute atomic E-state index is 0.221. The largest absolute Gasteiger partial charge is 0.402 e. The number of amides is 1. The van der Waals surface area contributed by atoms with Gasteiger partial charge in [-0.05, 0) is 68.9 Å². The molecular formula is C27H36F3N9OS. The van der Waals surface area contributed by atoms with Gasteiger partial charge in [-0.3, -0.25) is 9.69 Å². The number of allylic oxidation sites excluding steroid dienone is 1. The highest BCUT2D eigenvalue weighted by atomic mass is 32.2. The summed E-state index contributed by atoms with van der Waals surface area (Å²) in [6.07, 6.45) is -2.48. The maximum Gasteiger partial charge on any atom is 0.397 e. The number of hydrogen-bond acceptors (Lipinski definition) is 9. The van der Waals surface area contributed by atoms with Crippen molar-refractivity contribution < 1.29 is 18.0 Å². The first-order valence-electron chi connectivity index (χ1n) is 13.4. The van der Waals surface area contributed by atoms with Crippen molar-refractivity contribution >= 4 is 40.8 Å². The fourth-order valence-electron chi connectivity index (χ4n) is 4.81. The van der Waals surface area contributed by atoms with Crippen LogP contribution in [0.25, 0.3) is 0 Å². The maximum atomic E-state index is 12.5. The average molecular weight is 592 g/mol. The standard InChI is InChI=1S/C27H36F3N9OS/c1-18(31)15-22(32)34-23-16-24(39-9-7-20(8-10-39)38-13-11-37(2)12-14-38)36-26(35-23)41-21-5-3-19(4-6-21)33-25(40)17-27(28,29)30/h3-6,15-16,20H,7-14,17,31H2,1-2H3,(H,33,40)(H2,32,34,35,36). The number of carbonyl (C=O) groups is 1. The van der Waals surface area contributed by atoms with Gasteiger partial charge in [-0.2, -0.15) is 13.2 Å². The van der Waals surface area contributed by atoms with E-state index >= 15 is 0 Å². The number of anilines is 2. The second kappa shape index (κ2) is 13.5. The molecule has 0 spiro atoms. The molecule has 2 aliphatic heterocycles. The smallest absolute Gasteiger partial charge is 0.397 e. The van der Waals surface area contributed by atoms with Crippen molar-refractivity contribution in [3.8, 4) is 0 Å². The van der Waals surface area contributed by atoms with Crippen LogP contribution in [0.4, 0.5) is 30.5 Å². The van der Waals surface area contributed by atoms with E-state index in [0.29, 0.717) is 22.7 Å². The molecule has 2 saturated heterocycles. The predicted octanol–water partition coefficient (Wildman–Crippen LogP) is 3.59. The Labute approximate surface area is 242 Å². The van der Waals surface area contributed by atoms with Gasteiger partial charge in [0.25, 0.3) is 0 Å². The lowest BCUT2D eigenvalue weighted by Gasteiger charge is -2.42. The number of aliphatic imine (C=N–C) groups is 1. The molecule has 1 aromatic heterocycles. The van der Waals surface area contributed by atoms with E-state index in [2.05, 4.69) is 37.0 Å². The molecule has 0 radical (unpaired) electrons. The molecule has 4 rings (SSSR count). The van der Waals surface area contributed by atoms with E-state index in [-0.39, 0.29) is 11.5 Å². The van der Waals surface area contributed by atoms with E-state index in [1.54, 1.807) is 25.1 Å². The number of alkyl halides is 3. The number of amidine groups is 1. The Hall–Kier alpha value is -3.36. The summed E-state index contributed by atoms with van der Waals surface area (Å²) in [6.45, 7) is 7.78. The van der Waals surface area contributed by atoms with E-state index in [4.69, 9.17) is 16.5 Å². The molecule has 2 aromatic rings. The van der Waals surface area contributed by atoms with Gasteiger partial charge < -0.3 is 26.6 Å². The number of rotatable bonds is 8. The molecule has 222 valence electrons. The van der Waals surface area contributed by atoms with Crippen LogP contribution in [0.1, 0.15) is 26.2 Å². The molecule has 0 unspecified atom stereocenters. The van der Waals surface area contributed by atoms with Crippen LogP contribution < -0.4 is 21.7 Å². The van der Waals surface area contributed by atoms with Crippen LogP contribution in [0.15, 0.2) is 57.1 Å². The second-order valence-corrected chi connectivity index (χ2v) is 11.4. The van der Waals surface area contributed by atoms with Crippen LogP contribution in [0.3, 0.4) is 0 Å². The molecule has 14 heteroatoms. The van der Waals surface area contributed by atoms with E-state index in [9.17, 15) is 18.0 Å². The molecule has 1 amide bonds. The summed E-state index contributed by atoms with van der Waals surface area (Å²) in [5.41, 5.74) is 12.6. The Kier molecular flexibility index (Phi) is 10.1. The van der Waals surface area contributed by atoms with Gasteiger partial charge in [-0.1, -0.05) is 0 Å². The normalized spacial score (nSPS) is 18.5. The number of nitrogens with zero attached hydrogens (tertiary/aromatic N) is 6. The Morgan fingerprint density at radius 1 is 1.10 bits per heavy atom. The van der Waals surface area contributed by atoms with Gasteiger partial charge in [-0.15, -0.1) is 0 Å². The SMILES string of the molecule is CC(N)=CC(N)=Nc1cc(N2CCC(N3CCN(C)CC3)CC2)nc(Sc2ccc(NC(=O)CC(F)(F)F)cc2)n1. The third-order valence-corrected chi connectivity index (χ3v) is 7.72. The summed E-state index contributed by atoms with van der Waals surface area (Å²) in [6, 6.07) is 8.81. The van der Waals surface area contributed by atoms with Gasteiger partial charge in [0, 0.05) is 67.7 Å². The van der Waals surface area contributed by atoms with Crippen molar-refractivity contribution in [2.45, 2.75) is 48.5 Å². The Morgan fingerprint density at radius 2 is 1.76 bits per heavy atom. The quantitative estimate of drug-likeness (QED) is 0.240. The molecule has 0 atom stereocenters. The molecule has 1 aromatic carbocycles. The van der Waals surface area contributed by atoms with Gasteiger partial charge >= 0.3 is 6.18 Å². The van der Waals surface area contributed by atoms with Crippen LogP contribution in [-0.2, 0) is 4.79 Å². The summed E-state index contributed by atoms with van der Waals surface area (Å²) in [4.78, 5) is 33.3. The highest BCUT2D eigenvalue weighted by Gasteiger charge is 2.31. The number of nitrogens with two attached hydrogens (primary N) is 2. The lowest BCUT2D eigenvalue weighted by Crippen LogP contribution is -2.52. The summed E-state index contributed by atoms with van der Waals surface area (Å²) in [5, 5.41) is 2.70. The van der Waals surface area contributed by atoms with E-state index in [0.717, 1.165) is 62.8 Å². The first-order valence-corrected chi connectivity index (χ1v) is 14.2. The molecule has 0 bridgehead atoms. The molecule has 2 fully saturated rings. The van der Waals surface area contributed by atoms with Gasteiger partial charge in [0.05, 0.1) is 0 Å². The topological polar surface area (TPSA) is 129 Å². The Morgan fingerprint density at radius 3 is 2.37 bits per heavy atom. The van der Waals surface area contributed by atoms with Gasteiger partial charge in [0.1, 0.15) is 18.1 Å². The van der Waals surface area contributed by atoms with E-state index in [1.165, 1.54) is 23.9 Å². The van der Waals surface area contributed by atoms with Crippen molar-refractivity contribution in [2.75, 3.05) is 56.5 Å². The minimum atomic E-state index is -4.57. The van der Waals surface area contributed by atoms with Crippen LogP contribution in [0.5, 0.6) is 0 Å². The lowest BCUT2D eigenvalue weighted by molar-refractivity contribution is -0.150. The number of carbonyl (C=O) groups excluding carboxylic acids is 1. The number of benzene rings is 1. The van der Waals surface area contributed by atoms with Crippen molar-refractivity contribution in [3.05, 3.63) is 42.1 Å². The van der Waals surface area contributed by atoms with Crippen molar-refractivity contribution in [1.29, 1.82) is 0 Å². The zero-order valence-electron chi connectivity index (χ0n) is 23.2. The molecule has 2 aliphatic rings. The van der Waals surface area contributed by atoms with Gasteiger partial charge in [-0.25, -0.2) is 15.0 Å². The number of hydrogen-bond donors (Lipinski definition) is 3. The van der Waals surface area contributed by atoms with Gasteiger partial charge in [0.15, 0.2) is 11.0 Å². The monoisotopic (exact) mass is 591 g/mol. The highest BCUT2D eigenvalue weighted by molar-refractivity contribution is 7.99. The molecule has 5 N–H and O–H groups in total. The van der Waals surface area contributed by atoms with E-state index < -0.39 is 18.5 Å². The van der Waals surface area contributed by atoms with Crippen LogP contribution in [-0.4, -0.2) is 90.0 Å². The third-order valence-electron chi connectivity index (χ3n) is 6.85. The third kappa shape index (κ3) is 9.61. The zero-order valence-corrected chi connectivity index (χ0v) is 24.0. The lowest BCUT2D eigenvalue weighted by atomic mass is 10.0. The van der Waals surface area contributed by atoms with Crippen molar-refractivity contribution in [3.63, 3.8) is 0 Å². The predicted molar refractivity (Wildman–Crippen MR) is 155 cm³/mol. The number of aromatic nitrogens is 2. The van der Waals surface area contributed by atoms with E-state index in [1.807, 2.05) is 6.07 Å². The second-order valence-electron chi connectivity index (χ2n) is 10.3. The summed E-state index contributed by atoms with van der Waals surface area (Å²) < 4.78 is 37.4.